The molecular formula is C10H8N4O4. The predicted molar refractivity (Wildman–Crippen MR) is 59.7 cm³/mol. The second-order valence-corrected chi connectivity index (χ2v) is 3.52. The lowest BCUT2D eigenvalue weighted by atomic mass is 10.2. The number of nitro benzene ring substituents is 1. The topological polar surface area (TPSA) is 111 Å². The van der Waals surface area contributed by atoms with E-state index in [1.165, 1.54) is 31.2 Å². The minimum atomic E-state index is -1.19. The van der Waals surface area contributed by atoms with Crippen LogP contribution in [0.4, 0.5) is 5.69 Å². The highest BCUT2D eigenvalue weighted by Crippen LogP contribution is 2.18. The summed E-state index contributed by atoms with van der Waals surface area (Å²) < 4.78 is 1.06. The number of carboxylic acid groups (broad SMARTS) is 1. The smallest absolute Gasteiger partial charge is 0.356 e. The molecule has 1 aromatic heterocycles. The maximum Gasteiger partial charge on any atom is 0.356 e. The molecule has 0 aliphatic heterocycles. The van der Waals surface area contributed by atoms with Crippen LogP contribution in [0.1, 0.15) is 16.2 Å². The molecule has 0 aliphatic carbocycles. The van der Waals surface area contributed by atoms with Crippen LogP contribution in [0.2, 0.25) is 0 Å². The van der Waals surface area contributed by atoms with E-state index in [9.17, 15) is 14.9 Å². The highest BCUT2D eigenvalue weighted by Gasteiger charge is 2.19. The third-order valence-electron chi connectivity index (χ3n) is 2.33. The van der Waals surface area contributed by atoms with Crippen molar-refractivity contribution in [3.05, 3.63) is 45.8 Å². The van der Waals surface area contributed by atoms with Crippen molar-refractivity contribution in [2.24, 2.45) is 0 Å². The largest absolute Gasteiger partial charge is 0.476 e. The lowest BCUT2D eigenvalue weighted by Gasteiger charge is -2.02. The Morgan fingerprint density at radius 1 is 1.50 bits per heavy atom. The first-order valence-corrected chi connectivity index (χ1v) is 4.91. The molecule has 1 heterocycles. The number of nitro groups is 1. The first-order chi connectivity index (χ1) is 8.50. The van der Waals surface area contributed by atoms with E-state index in [2.05, 4.69) is 10.3 Å². The predicted octanol–water partition coefficient (Wildman–Crippen LogP) is 1.18. The number of benzene rings is 1. The highest BCUT2D eigenvalue weighted by atomic mass is 16.6. The molecule has 0 saturated carbocycles. The maximum atomic E-state index is 11.1. The van der Waals surface area contributed by atoms with Crippen LogP contribution < -0.4 is 0 Å². The Hall–Kier alpha value is -2.77. The van der Waals surface area contributed by atoms with Gasteiger partial charge in [0.05, 0.1) is 16.3 Å². The Bertz CT molecular complexity index is 635. The van der Waals surface area contributed by atoms with Crippen molar-refractivity contribution in [1.82, 2.24) is 15.0 Å². The molecule has 0 bridgehead atoms. The van der Waals surface area contributed by atoms with Crippen molar-refractivity contribution >= 4 is 11.7 Å². The highest BCUT2D eigenvalue weighted by molar-refractivity contribution is 5.87. The number of non-ortho nitro benzene ring substituents is 1. The summed E-state index contributed by atoms with van der Waals surface area (Å²) in [6, 6.07) is 5.53. The van der Waals surface area contributed by atoms with Gasteiger partial charge in [-0.25, -0.2) is 9.48 Å². The van der Waals surface area contributed by atoms with Gasteiger partial charge in [0.15, 0.2) is 5.69 Å². The Morgan fingerprint density at radius 2 is 2.22 bits per heavy atom. The number of nitrogens with zero attached hydrogens (tertiary/aromatic N) is 4. The summed E-state index contributed by atoms with van der Waals surface area (Å²) in [4.78, 5) is 21.2. The zero-order valence-electron chi connectivity index (χ0n) is 9.27. The Balaban J connectivity index is 2.59. The molecule has 92 valence electrons. The third-order valence-corrected chi connectivity index (χ3v) is 2.33. The van der Waals surface area contributed by atoms with Gasteiger partial charge in [0.2, 0.25) is 0 Å². The first kappa shape index (κ1) is 11.7. The van der Waals surface area contributed by atoms with E-state index in [4.69, 9.17) is 5.11 Å². The molecule has 8 heteroatoms. The fourth-order valence-corrected chi connectivity index (χ4v) is 1.52. The van der Waals surface area contributed by atoms with Crippen molar-refractivity contribution < 1.29 is 14.8 Å². The van der Waals surface area contributed by atoms with E-state index in [1.807, 2.05) is 0 Å². The summed E-state index contributed by atoms with van der Waals surface area (Å²) in [6.45, 7) is 1.50. The number of hydrogen-bond acceptors (Lipinski definition) is 5. The summed E-state index contributed by atoms with van der Waals surface area (Å²) in [5, 5.41) is 27.0. The molecule has 2 rings (SSSR count). The lowest BCUT2D eigenvalue weighted by Crippen LogP contribution is -2.09. The molecule has 0 atom stereocenters. The van der Waals surface area contributed by atoms with Crippen LogP contribution in [-0.2, 0) is 0 Å². The van der Waals surface area contributed by atoms with E-state index >= 15 is 0 Å². The molecule has 18 heavy (non-hydrogen) atoms. The molecule has 0 saturated heterocycles. The Kier molecular flexibility index (Phi) is 2.76. The molecule has 8 nitrogen and oxygen atoms in total. The van der Waals surface area contributed by atoms with Crippen LogP contribution in [0.15, 0.2) is 24.3 Å². The molecular weight excluding hydrogens is 240 g/mol. The van der Waals surface area contributed by atoms with Crippen LogP contribution >= 0.6 is 0 Å². The molecule has 0 unspecified atom stereocenters. The molecule has 0 amide bonds. The third kappa shape index (κ3) is 1.90. The molecule has 0 fully saturated rings. The van der Waals surface area contributed by atoms with Crippen LogP contribution in [0.5, 0.6) is 0 Å². The van der Waals surface area contributed by atoms with Gasteiger partial charge in [-0.1, -0.05) is 11.3 Å². The minimum Gasteiger partial charge on any atom is -0.476 e. The summed E-state index contributed by atoms with van der Waals surface area (Å²) in [5.41, 5.74) is 0.267. The van der Waals surface area contributed by atoms with Crippen LogP contribution in [0.3, 0.4) is 0 Å². The fourth-order valence-electron chi connectivity index (χ4n) is 1.52. The summed E-state index contributed by atoms with van der Waals surface area (Å²) >= 11 is 0. The lowest BCUT2D eigenvalue weighted by molar-refractivity contribution is -0.384. The van der Waals surface area contributed by atoms with Gasteiger partial charge in [0.1, 0.15) is 0 Å². The van der Waals surface area contributed by atoms with Gasteiger partial charge < -0.3 is 5.11 Å². The molecule has 1 N–H and O–H groups in total. The van der Waals surface area contributed by atoms with E-state index in [0.29, 0.717) is 0 Å². The number of aromatic nitrogens is 3. The quantitative estimate of drug-likeness (QED) is 0.644. The number of aromatic carboxylic acids is 1. The number of carboxylic acids is 1. The zero-order valence-corrected chi connectivity index (χ0v) is 9.27. The van der Waals surface area contributed by atoms with Gasteiger partial charge in [0.25, 0.3) is 5.69 Å². The SMILES string of the molecule is Cc1nnn(-c2cccc([N+](=O)[O-])c2)c1C(=O)O. The number of rotatable bonds is 3. The number of carbonyl (C=O) groups is 1. The van der Waals surface area contributed by atoms with Crippen LogP contribution in [-0.4, -0.2) is 31.0 Å². The minimum absolute atomic E-state index is 0.115. The van der Waals surface area contributed by atoms with E-state index in [-0.39, 0.29) is 22.8 Å². The van der Waals surface area contributed by atoms with Gasteiger partial charge in [0, 0.05) is 12.1 Å². The fraction of sp³-hybridized carbons (Fsp3) is 0.100. The van der Waals surface area contributed by atoms with E-state index in [1.54, 1.807) is 0 Å². The maximum absolute atomic E-state index is 11.1. The summed E-state index contributed by atoms with van der Waals surface area (Å²) in [6.07, 6.45) is 0. The van der Waals surface area contributed by atoms with Gasteiger partial charge in [-0.2, -0.15) is 0 Å². The van der Waals surface area contributed by atoms with E-state index in [0.717, 1.165) is 4.68 Å². The average Bonchev–Trinajstić information content (AvgIpc) is 2.71. The van der Waals surface area contributed by atoms with Gasteiger partial charge in [-0.3, -0.25) is 10.1 Å². The first-order valence-electron chi connectivity index (χ1n) is 4.91. The zero-order chi connectivity index (χ0) is 13.3. The standard InChI is InChI=1S/C10H8N4O4/c1-6-9(10(15)16)13(12-11-6)7-3-2-4-8(5-7)14(17)18/h2-5H,1H3,(H,15,16). The van der Waals surface area contributed by atoms with Crippen molar-refractivity contribution in [2.75, 3.05) is 0 Å². The average molecular weight is 248 g/mol. The van der Waals surface area contributed by atoms with Crippen molar-refractivity contribution in [2.45, 2.75) is 6.92 Å². The van der Waals surface area contributed by atoms with Crippen LogP contribution in [0.25, 0.3) is 5.69 Å². The molecule has 2 aromatic rings. The number of hydrogen-bond donors (Lipinski definition) is 1. The summed E-state index contributed by atoms with van der Waals surface area (Å²) in [5.74, 6) is -1.19. The van der Waals surface area contributed by atoms with E-state index < -0.39 is 10.9 Å². The molecule has 0 radical (unpaired) electrons. The molecule has 1 aromatic carbocycles. The van der Waals surface area contributed by atoms with Gasteiger partial charge in [-0.05, 0) is 13.0 Å². The summed E-state index contributed by atoms with van der Waals surface area (Å²) in [7, 11) is 0. The van der Waals surface area contributed by atoms with Gasteiger partial charge >= 0.3 is 5.97 Å². The van der Waals surface area contributed by atoms with Crippen LogP contribution in [0, 0.1) is 17.0 Å². The Morgan fingerprint density at radius 3 is 2.83 bits per heavy atom. The van der Waals surface area contributed by atoms with Gasteiger partial charge in [-0.15, -0.1) is 5.10 Å². The van der Waals surface area contributed by atoms with Crippen molar-refractivity contribution in [3.8, 4) is 5.69 Å². The molecule has 0 aliphatic rings. The molecule has 0 spiro atoms. The number of aryl methyl sites for hydroxylation is 1. The second-order valence-electron chi connectivity index (χ2n) is 3.52. The monoisotopic (exact) mass is 248 g/mol. The van der Waals surface area contributed by atoms with Crippen molar-refractivity contribution in [1.29, 1.82) is 0 Å². The van der Waals surface area contributed by atoms with Crippen molar-refractivity contribution in [3.63, 3.8) is 0 Å². The normalized spacial score (nSPS) is 10.3. The second kappa shape index (κ2) is 4.24. The Labute approximate surface area is 101 Å².